The summed E-state index contributed by atoms with van der Waals surface area (Å²) in [6.07, 6.45) is 6.11. The lowest BCUT2D eigenvalue weighted by Crippen LogP contribution is -2.40. The Kier molecular flexibility index (Phi) is 10.4. The highest BCUT2D eigenvalue weighted by Gasteiger charge is 2.25. The largest absolute Gasteiger partial charge is 0.370 e. The molecule has 11 nitrogen and oxygen atoms in total. The van der Waals surface area contributed by atoms with Crippen molar-refractivity contribution in [2.45, 2.75) is 64.8 Å². The van der Waals surface area contributed by atoms with Crippen LogP contribution in [0.4, 0.5) is 5.82 Å². The lowest BCUT2D eigenvalue weighted by molar-refractivity contribution is -0.120. The third-order valence-corrected chi connectivity index (χ3v) is 10.4. The third-order valence-electron chi connectivity index (χ3n) is 10.0. The van der Waals surface area contributed by atoms with Gasteiger partial charge in [0.15, 0.2) is 0 Å². The lowest BCUT2D eigenvalue weighted by atomic mass is 9.92. The molecule has 7 rings (SSSR count). The van der Waals surface area contributed by atoms with Crippen LogP contribution >= 0.6 is 11.6 Å². The predicted octanol–water partition coefficient (Wildman–Crippen LogP) is 5.52. The first kappa shape index (κ1) is 35.3. The first-order valence-electron chi connectivity index (χ1n) is 17.8. The second-order valence-electron chi connectivity index (χ2n) is 13.6. The Morgan fingerprint density at radius 2 is 1.67 bits per heavy atom. The minimum Gasteiger partial charge on any atom is -0.370 e. The van der Waals surface area contributed by atoms with E-state index in [-0.39, 0.29) is 29.6 Å². The summed E-state index contributed by atoms with van der Waals surface area (Å²) in [4.78, 5) is 48.4. The van der Waals surface area contributed by atoms with Crippen molar-refractivity contribution < 1.29 is 9.59 Å². The van der Waals surface area contributed by atoms with Gasteiger partial charge in [-0.15, -0.1) is 0 Å². The monoisotopic (exact) mass is 718 g/mol. The third kappa shape index (κ3) is 7.30. The molecule has 5 aromatic rings. The summed E-state index contributed by atoms with van der Waals surface area (Å²) >= 11 is 7.21. The summed E-state index contributed by atoms with van der Waals surface area (Å²) in [6.45, 7) is 6.46. The van der Waals surface area contributed by atoms with Crippen molar-refractivity contribution in [1.82, 2.24) is 35.2 Å². The molecule has 0 spiro atoms. The van der Waals surface area contributed by atoms with Gasteiger partial charge in [0, 0.05) is 79.7 Å². The van der Waals surface area contributed by atoms with E-state index in [0.717, 1.165) is 63.3 Å². The Balaban J connectivity index is 1.14. The molecule has 268 valence electrons. The second kappa shape index (κ2) is 15.2. The zero-order chi connectivity index (χ0) is 36.4. The molecule has 2 fully saturated rings. The molecule has 0 unspecified atom stereocenters. The molecule has 5 heterocycles. The number of hydrogen-bond donors (Lipinski definition) is 4. The number of aromatic nitrogens is 3. The summed E-state index contributed by atoms with van der Waals surface area (Å²) < 4.78 is 1.57. The summed E-state index contributed by atoms with van der Waals surface area (Å²) in [5.74, 6) is 0.955. The van der Waals surface area contributed by atoms with Crippen LogP contribution in [-0.2, 0) is 22.7 Å². The maximum Gasteiger partial charge on any atom is 0.262 e. The molecule has 3 aromatic heterocycles. The van der Waals surface area contributed by atoms with Gasteiger partial charge in [0.1, 0.15) is 11.5 Å². The minimum atomic E-state index is -0.123. The van der Waals surface area contributed by atoms with Crippen LogP contribution in [0, 0.1) is 6.92 Å². The van der Waals surface area contributed by atoms with Gasteiger partial charge in [0.25, 0.3) is 5.56 Å². The van der Waals surface area contributed by atoms with Crippen LogP contribution in [0.25, 0.3) is 39.2 Å². The molecular formula is C40H43ClN8O3. The summed E-state index contributed by atoms with van der Waals surface area (Å²) in [6, 6.07) is 20.2. The van der Waals surface area contributed by atoms with Crippen LogP contribution in [0.1, 0.15) is 49.3 Å². The number of benzene rings is 2. The Labute approximate surface area is 307 Å². The molecule has 2 saturated heterocycles. The van der Waals surface area contributed by atoms with E-state index >= 15 is 0 Å². The summed E-state index contributed by atoms with van der Waals surface area (Å²) in [7, 11) is 2.02. The molecule has 0 saturated carbocycles. The van der Waals surface area contributed by atoms with Gasteiger partial charge in [-0.3, -0.25) is 23.7 Å². The molecule has 4 N–H and O–H groups in total. The van der Waals surface area contributed by atoms with E-state index in [0.29, 0.717) is 55.3 Å². The number of carbonyl (C=O) groups excluding carboxylic acids is 2. The number of halogens is 1. The quantitative estimate of drug-likeness (QED) is 0.133. The number of anilines is 1. The van der Waals surface area contributed by atoms with E-state index in [1.807, 2.05) is 56.4 Å². The van der Waals surface area contributed by atoms with Gasteiger partial charge in [-0.25, -0.2) is 9.97 Å². The number of pyridine rings is 2. The summed E-state index contributed by atoms with van der Waals surface area (Å²) in [5, 5.41) is 13.3. The average Bonchev–Trinajstić information content (AvgIpc) is 3.78. The first-order valence-corrected chi connectivity index (χ1v) is 18.2. The fourth-order valence-corrected chi connectivity index (χ4v) is 7.51. The Morgan fingerprint density at radius 1 is 0.923 bits per heavy atom. The maximum atomic E-state index is 13.3. The van der Waals surface area contributed by atoms with Gasteiger partial charge in [-0.1, -0.05) is 54.1 Å². The van der Waals surface area contributed by atoms with E-state index in [9.17, 15) is 14.4 Å². The molecule has 12 heteroatoms. The van der Waals surface area contributed by atoms with Crippen LogP contribution in [0.15, 0.2) is 77.9 Å². The van der Waals surface area contributed by atoms with Crippen LogP contribution in [0.5, 0.6) is 0 Å². The van der Waals surface area contributed by atoms with Crippen molar-refractivity contribution in [2.75, 3.05) is 25.5 Å². The van der Waals surface area contributed by atoms with E-state index in [1.54, 1.807) is 16.8 Å². The van der Waals surface area contributed by atoms with Crippen molar-refractivity contribution in [3.05, 3.63) is 105 Å². The van der Waals surface area contributed by atoms with Crippen LogP contribution in [0.2, 0.25) is 5.02 Å². The fourth-order valence-electron chi connectivity index (χ4n) is 7.18. The topological polar surface area (TPSA) is 133 Å². The standard InChI is InChI=1S/C40H43ClN8O3/c1-4-43-39-26(23-48(3)34-14-16-37(51)47-34)11-13-33(46-39)32-10-6-9-31(38(32)41)30-8-5-7-29(24(30)2)25-17-18-49-35(19-25)44-21-27(40(49)52)20-42-22-28-12-15-36(50)45-28/h5-11,13,17-19,21,28,34,42H,4,12,14-16,20,22-23H2,1-3H3,(H,43,46)(H,45,50)(H,47,51)/t28-,34-/m0/s1. The van der Waals surface area contributed by atoms with E-state index in [4.69, 9.17) is 16.6 Å². The number of fused-ring (bicyclic) bond motifs is 1. The zero-order valence-corrected chi connectivity index (χ0v) is 30.4. The van der Waals surface area contributed by atoms with Crippen molar-refractivity contribution in [1.29, 1.82) is 0 Å². The van der Waals surface area contributed by atoms with Crippen molar-refractivity contribution in [2.24, 2.45) is 0 Å². The molecule has 2 aliphatic heterocycles. The van der Waals surface area contributed by atoms with Gasteiger partial charge in [0.2, 0.25) is 11.8 Å². The van der Waals surface area contributed by atoms with Gasteiger partial charge >= 0.3 is 0 Å². The molecule has 0 radical (unpaired) electrons. The smallest absolute Gasteiger partial charge is 0.262 e. The van der Waals surface area contributed by atoms with Gasteiger partial charge in [0.05, 0.1) is 16.9 Å². The summed E-state index contributed by atoms with van der Waals surface area (Å²) in [5.41, 5.74) is 8.54. The van der Waals surface area contributed by atoms with Gasteiger partial charge in [-0.05, 0) is 74.2 Å². The van der Waals surface area contributed by atoms with Gasteiger partial charge in [-0.2, -0.15) is 0 Å². The molecule has 2 amide bonds. The number of carbonyl (C=O) groups is 2. The average molecular weight is 719 g/mol. The molecule has 0 bridgehead atoms. The van der Waals surface area contributed by atoms with Crippen LogP contribution in [0.3, 0.4) is 0 Å². The highest BCUT2D eigenvalue weighted by Crippen LogP contribution is 2.40. The number of rotatable bonds is 12. The SMILES string of the molecule is CCNc1nc(-c2cccc(-c3cccc(-c4ccn5c(=O)c(CNC[C@@H]6CCC(=O)N6)cnc5c4)c3C)c2Cl)ccc1CN(C)[C@H]1CCC(=O)N1. The van der Waals surface area contributed by atoms with Crippen LogP contribution < -0.4 is 26.8 Å². The zero-order valence-electron chi connectivity index (χ0n) is 29.6. The molecule has 2 aromatic carbocycles. The van der Waals surface area contributed by atoms with Crippen molar-refractivity contribution >= 4 is 34.9 Å². The molecule has 2 aliphatic rings. The molecule has 52 heavy (non-hydrogen) atoms. The number of hydrogen-bond acceptors (Lipinski definition) is 8. The number of nitrogens with zero attached hydrogens (tertiary/aromatic N) is 4. The first-order chi connectivity index (χ1) is 25.2. The van der Waals surface area contributed by atoms with E-state index in [1.165, 1.54) is 0 Å². The lowest BCUT2D eigenvalue weighted by Gasteiger charge is -2.25. The fraction of sp³-hybridized carbons (Fsp3) is 0.325. The molecule has 2 atom stereocenters. The number of amides is 2. The number of nitrogens with one attached hydrogen (secondary N) is 4. The molecule has 0 aliphatic carbocycles. The molecular weight excluding hydrogens is 676 g/mol. The normalized spacial score (nSPS) is 17.2. The van der Waals surface area contributed by atoms with Crippen molar-refractivity contribution in [3.63, 3.8) is 0 Å². The Morgan fingerprint density at radius 3 is 2.42 bits per heavy atom. The minimum absolute atomic E-state index is 0.0143. The van der Waals surface area contributed by atoms with E-state index < -0.39 is 0 Å². The maximum absolute atomic E-state index is 13.3. The van der Waals surface area contributed by atoms with Crippen molar-refractivity contribution in [3.8, 4) is 33.5 Å². The Bertz CT molecular complexity index is 2220. The second-order valence-corrected chi connectivity index (χ2v) is 14.0. The van der Waals surface area contributed by atoms with E-state index in [2.05, 4.69) is 56.3 Å². The van der Waals surface area contributed by atoms with Crippen LogP contribution in [-0.4, -0.2) is 63.4 Å². The Hall–Kier alpha value is -5.10. The highest BCUT2D eigenvalue weighted by molar-refractivity contribution is 6.36. The predicted molar refractivity (Wildman–Crippen MR) is 205 cm³/mol. The van der Waals surface area contributed by atoms with Gasteiger partial charge < -0.3 is 21.3 Å². The highest BCUT2D eigenvalue weighted by atomic mass is 35.5.